The van der Waals surface area contributed by atoms with E-state index >= 15 is 0 Å². The molecule has 0 bridgehead atoms. The first-order valence-corrected chi connectivity index (χ1v) is 5.39. The average Bonchev–Trinajstić information content (AvgIpc) is 2.47. The summed E-state index contributed by atoms with van der Waals surface area (Å²) < 4.78 is 4.87. The summed E-state index contributed by atoms with van der Waals surface area (Å²) in [5, 5.41) is 0. The Labute approximate surface area is 95.9 Å². The molecule has 1 aromatic carbocycles. The number of esters is 1. The molecule has 0 heterocycles. The number of rotatable bonds is 1. The van der Waals surface area contributed by atoms with Gasteiger partial charge in [-0.2, -0.15) is 0 Å². The first-order valence-electron chi connectivity index (χ1n) is 5.39. The molecule has 1 aliphatic carbocycles. The molecule has 2 heteroatoms. The third-order valence-corrected chi connectivity index (χ3v) is 3.39. The molecule has 0 atom stereocenters. The normalized spacial score (nSPS) is 17.2. The molecule has 2 rings (SSSR count). The number of fused-ring (bicyclic) bond motifs is 1. The lowest BCUT2D eigenvalue weighted by atomic mass is 9.81. The molecule has 16 heavy (non-hydrogen) atoms. The highest BCUT2D eigenvalue weighted by Gasteiger charge is 2.40. The van der Waals surface area contributed by atoms with Crippen LogP contribution in [0, 0.1) is 0 Å². The van der Waals surface area contributed by atoms with E-state index in [1.807, 2.05) is 19.1 Å². The Morgan fingerprint density at radius 1 is 1.25 bits per heavy atom. The fourth-order valence-electron chi connectivity index (χ4n) is 2.60. The second-order valence-corrected chi connectivity index (χ2v) is 4.66. The smallest absolute Gasteiger partial charge is 0.334 e. The molecule has 0 N–H and O–H groups in total. The van der Waals surface area contributed by atoms with Crippen LogP contribution in [0.5, 0.6) is 0 Å². The van der Waals surface area contributed by atoms with E-state index in [0.717, 1.165) is 16.7 Å². The highest BCUT2D eigenvalue weighted by atomic mass is 16.5. The standard InChI is InChI=1S/C14H16O2/c1-9-10-7-5-6-8-11(10)14(2,3)12(9)13(15)16-4/h5-8H,1-4H3. The second kappa shape index (κ2) is 3.48. The van der Waals surface area contributed by atoms with E-state index in [1.165, 1.54) is 12.7 Å². The van der Waals surface area contributed by atoms with Gasteiger partial charge in [-0.15, -0.1) is 0 Å². The molecular formula is C14H16O2. The van der Waals surface area contributed by atoms with Crippen molar-refractivity contribution in [3.63, 3.8) is 0 Å². The molecule has 0 amide bonds. The number of benzene rings is 1. The van der Waals surface area contributed by atoms with Crippen molar-refractivity contribution in [2.45, 2.75) is 26.2 Å². The minimum absolute atomic E-state index is 0.223. The molecule has 0 fully saturated rings. The third-order valence-electron chi connectivity index (χ3n) is 3.39. The molecule has 84 valence electrons. The maximum Gasteiger partial charge on any atom is 0.334 e. The highest BCUT2D eigenvalue weighted by Crippen LogP contribution is 2.46. The van der Waals surface area contributed by atoms with Crippen molar-refractivity contribution in [1.29, 1.82) is 0 Å². The third kappa shape index (κ3) is 1.29. The average molecular weight is 216 g/mol. The van der Waals surface area contributed by atoms with Gasteiger partial charge >= 0.3 is 5.97 Å². The summed E-state index contributed by atoms with van der Waals surface area (Å²) >= 11 is 0. The molecule has 0 aliphatic heterocycles. The van der Waals surface area contributed by atoms with Crippen LogP contribution in [0.25, 0.3) is 5.57 Å². The van der Waals surface area contributed by atoms with Gasteiger partial charge in [-0.25, -0.2) is 4.79 Å². The Hall–Kier alpha value is -1.57. The fraction of sp³-hybridized carbons (Fsp3) is 0.357. The van der Waals surface area contributed by atoms with Gasteiger partial charge in [0.05, 0.1) is 12.7 Å². The molecule has 0 radical (unpaired) electrons. The van der Waals surface area contributed by atoms with Gasteiger partial charge in [0, 0.05) is 5.41 Å². The topological polar surface area (TPSA) is 26.3 Å². The van der Waals surface area contributed by atoms with Crippen LogP contribution in [0.15, 0.2) is 29.8 Å². The quantitative estimate of drug-likeness (QED) is 0.675. The summed E-state index contributed by atoms with van der Waals surface area (Å²) in [5.74, 6) is -0.223. The Kier molecular flexibility index (Phi) is 2.38. The van der Waals surface area contributed by atoms with E-state index in [1.54, 1.807) is 0 Å². The maximum absolute atomic E-state index is 11.8. The zero-order chi connectivity index (χ0) is 11.9. The van der Waals surface area contributed by atoms with Gasteiger partial charge in [0.15, 0.2) is 0 Å². The minimum atomic E-state index is -0.256. The number of ether oxygens (including phenoxy) is 1. The van der Waals surface area contributed by atoms with E-state index in [0.29, 0.717) is 0 Å². The summed E-state index contributed by atoms with van der Waals surface area (Å²) in [5.41, 5.74) is 3.91. The van der Waals surface area contributed by atoms with E-state index in [-0.39, 0.29) is 11.4 Å². The Morgan fingerprint density at radius 3 is 2.44 bits per heavy atom. The van der Waals surface area contributed by atoms with Crippen molar-refractivity contribution in [2.75, 3.05) is 7.11 Å². The zero-order valence-electron chi connectivity index (χ0n) is 10.1. The number of carbonyl (C=O) groups excluding carboxylic acids is 1. The lowest BCUT2D eigenvalue weighted by Crippen LogP contribution is -2.23. The summed E-state index contributed by atoms with van der Waals surface area (Å²) in [6.07, 6.45) is 0. The van der Waals surface area contributed by atoms with Gasteiger partial charge in [0.25, 0.3) is 0 Å². The highest BCUT2D eigenvalue weighted by molar-refractivity contribution is 6.03. The van der Waals surface area contributed by atoms with Crippen LogP contribution in [0.3, 0.4) is 0 Å². The van der Waals surface area contributed by atoms with Crippen molar-refractivity contribution in [3.8, 4) is 0 Å². The van der Waals surface area contributed by atoms with Crippen molar-refractivity contribution in [1.82, 2.24) is 0 Å². The van der Waals surface area contributed by atoms with E-state index in [9.17, 15) is 4.79 Å². The van der Waals surface area contributed by atoms with Gasteiger partial charge < -0.3 is 4.74 Å². The number of hydrogen-bond acceptors (Lipinski definition) is 2. The van der Waals surface area contributed by atoms with Crippen LogP contribution >= 0.6 is 0 Å². The van der Waals surface area contributed by atoms with Crippen molar-refractivity contribution < 1.29 is 9.53 Å². The summed E-state index contributed by atoms with van der Waals surface area (Å²) in [7, 11) is 1.43. The van der Waals surface area contributed by atoms with Gasteiger partial charge in [-0.3, -0.25) is 0 Å². The van der Waals surface area contributed by atoms with Crippen molar-refractivity contribution in [3.05, 3.63) is 41.0 Å². The molecule has 0 saturated heterocycles. The van der Waals surface area contributed by atoms with Gasteiger partial charge in [-0.1, -0.05) is 38.1 Å². The summed E-state index contributed by atoms with van der Waals surface area (Å²) in [4.78, 5) is 11.8. The molecule has 2 nitrogen and oxygen atoms in total. The Morgan fingerprint density at radius 2 is 1.88 bits per heavy atom. The van der Waals surface area contributed by atoms with E-state index in [2.05, 4.69) is 26.0 Å². The van der Waals surface area contributed by atoms with Crippen LogP contribution in [0.2, 0.25) is 0 Å². The molecule has 1 aliphatic rings. The predicted molar refractivity (Wildman–Crippen MR) is 64.1 cm³/mol. The lowest BCUT2D eigenvalue weighted by molar-refractivity contribution is -0.136. The molecule has 0 saturated carbocycles. The van der Waals surface area contributed by atoms with E-state index in [4.69, 9.17) is 4.74 Å². The van der Waals surface area contributed by atoms with Crippen LogP contribution in [-0.4, -0.2) is 13.1 Å². The summed E-state index contributed by atoms with van der Waals surface area (Å²) in [6, 6.07) is 8.14. The largest absolute Gasteiger partial charge is 0.466 e. The van der Waals surface area contributed by atoms with Crippen LogP contribution < -0.4 is 0 Å². The van der Waals surface area contributed by atoms with Crippen LogP contribution in [0.4, 0.5) is 0 Å². The summed E-state index contributed by atoms with van der Waals surface area (Å²) in [6.45, 7) is 6.11. The Balaban J connectivity index is 2.66. The van der Waals surface area contributed by atoms with Gasteiger partial charge in [0.2, 0.25) is 0 Å². The fourth-order valence-corrected chi connectivity index (χ4v) is 2.60. The molecule has 1 aromatic rings. The predicted octanol–water partition coefficient (Wildman–Crippen LogP) is 2.92. The van der Waals surface area contributed by atoms with Gasteiger partial charge in [0.1, 0.15) is 0 Å². The Bertz CT molecular complexity index is 481. The van der Waals surface area contributed by atoms with Crippen molar-refractivity contribution >= 4 is 11.5 Å². The molecule has 0 unspecified atom stereocenters. The first-order chi connectivity index (χ1) is 7.50. The molecular weight excluding hydrogens is 200 g/mol. The second-order valence-electron chi connectivity index (χ2n) is 4.66. The number of allylic oxidation sites excluding steroid dienone is 1. The van der Waals surface area contributed by atoms with Crippen LogP contribution in [0.1, 0.15) is 31.9 Å². The maximum atomic E-state index is 11.8. The first kappa shape index (κ1) is 10.9. The number of methoxy groups -OCH3 is 1. The number of carbonyl (C=O) groups is 1. The lowest BCUT2D eigenvalue weighted by Gasteiger charge is -2.22. The molecule has 0 aromatic heterocycles. The van der Waals surface area contributed by atoms with Crippen LogP contribution in [-0.2, 0) is 14.9 Å². The SMILES string of the molecule is COC(=O)C1=C(C)c2ccccc2C1(C)C. The minimum Gasteiger partial charge on any atom is -0.466 e. The number of hydrogen-bond donors (Lipinski definition) is 0. The van der Waals surface area contributed by atoms with E-state index < -0.39 is 0 Å². The van der Waals surface area contributed by atoms with Crippen molar-refractivity contribution in [2.24, 2.45) is 0 Å². The van der Waals surface area contributed by atoms with Gasteiger partial charge in [-0.05, 0) is 23.6 Å². The zero-order valence-corrected chi connectivity index (χ0v) is 10.1. The monoisotopic (exact) mass is 216 g/mol. The molecule has 0 spiro atoms.